The Kier molecular flexibility index (Phi) is 4.80. The number of hydrogen-bond acceptors (Lipinski definition) is 5. The fourth-order valence-corrected chi connectivity index (χ4v) is 2.74. The number of ether oxygens (including phenoxy) is 1. The number of nitrogens with zero attached hydrogens (tertiary/aromatic N) is 2. The molecule has 0 unspecified atom stereocenters. The lowest BCUT2D eigenvalue weighted by Crippen LogP contribution is -2.61. The molecule has 0 saturated carbocycles. The van der Waals surface area contributed by atoms with Crippen LogP contribution in [0.5, 0.6) is 0 Å². The molecule has 2 rings (SSSR count). The lowest BCUT2D eigenvalue weighted by Gasteiger charge is -2.41. The first-order valence-electron chi connectivity index (χ1n) is 7.88. The zero-order valence-corrected chi connectivity index (χ0v) is 14.4. The van der Waals surface area contributed by atoms with Gasteiger partial charge in [-0.1, -0.05) is 12.1 Å². The number of aryl methyl sites for hydroxylation is 2. The standard InChI is InChI=1S/C16H27N3O3/c1-7-13(14-10(2)18-22-11(14)3)17-12-8-19(9-12)15(20)21-16(4,5)6/h12-13,17H,7-9H2,1-6H3/t13-/m0/s1. The minimum Gasteiger partial charge on any atom is -0.444 e. The van der Waals surface area contributed by atoms with Crippen LogP contribution in [-0.4, -0.2) is 40.9 Å². The SMILES string of the molecule is CC[C@H](NC1CN(C(=O)OC(C)(C)C)C1)c1c(C)noc1C. The minimum atomic E-state index is -0.446. The largest absolute Gasteiger partial charge is 0.444 e. The highest BCUT2D eigenvalue weighted by Crippen LogP contribution is 2.26. The maximum atomic E-state index is 11.9. The monoisotopic (exact) mass is 309 g/mol. The molecule has 0 aromatic carbocycles. The van der Waals surface area contributed by atoms with Crippen molar-refractivity contribution >= 4 is 6.09 Å². The van der Waals surface area contributed by atoms with Crippen LogP contribution in [0.3, 0.4) is 0 Å². The second-order valence-electron chi connectivity index (χ2n) is 6.95. The van der Waals surface area contributed by atoms with Gasteiger partial charge in [-0.3, -0.25) is 0 Å². The molecular formula is C16H27N3O3. The van der Waals surface area contributed by atoms with Crippen molar-refractivity contribution in [2.45, 2.75) is 65.6 Å². The summed E-state index contributed by atoms with van der Waals surface area (Å²) in [6, 6.07) is 0.489. The van der Waals surface area contributed by atoms with E-state index in [0.29, 0.717) is 13.1 Å². The van der Waals surface area contributed by atoms with E-state index in [9.17, 15) is 4.79 Å². The van der Waals surface area contributed by atoms with Crippen molar-refractivity contribution in [3.05, 3.63) is 17.0 Å². The summed E-state index contributed by atoms with van der Waals surface area (Å²) in [5.74, 6) is 0.861. The molecule has 1 N–H and O–H groups in total. The second-order valence-corrected chi connectivity index (χ2v) is 6.95. The Hall–Kier alpha value is -1.56. The van der Waals surface area contributed by atoms with Crippen LogP contribution in [0.1, 0.15) is 57.2 Å². The molecule has 0 spiro atoms. The van der Waals surface area contributed by atoms with Crippen molar-refractivity contribution in [2.24, 2.45) is 0 Å². The molecule has 1 saturated heterocycles. The molecule has 0 radical (unpaired) electrons. The average molecular weight is 309 g/mol. The molecule has 1 atom stereocenters. The van der Waals surface area contributed by atoms with Gasteiger partial charge in [0.05, 0.1) is 5.69 Å². The van der Waals surface area contributed by atoms with Crippen molar-refractivity contribution in [1.29, 1.82) is 0 Å². The fraction of sp³-hybridized carbons (Fsp3) is 0.750. The van der Waals surface area contributed by atoms with E-state index in [2.05, 4.69) is 17.4 Å². The van der Waals surface area contributed by atoms with E-state index < -0.39 is 5.60 Å². The topological polar surface area (TPSA) is 67.6 Å². The highest BCUT2D eigenvalue weighted by molar-refractivity contribution is 5.69. The Balaban J connectivity index is 1.87. The van der Waals surface area contributed by atoms with Gasteiger partial charge in [0.1, 0.15) is 11.4 Å². The molecule has 0 aliphatic carbocycles. The first-order valence-corrected chi connectivity index (χ1v) is 7.88. The molecule has 0 bridgehead atoms. The van der Waals surface area contributed by atoms with E-state index in [-0.39, 0.29) is 18.2 Å². The molecule has 1 aromatic rings. The molecule has 6 heteroatoms. The van der Waals surface area contributed by atoms with E-state index in [4.69, 9.17) is 9.26 Å². The third-order valence-corrected chi connectivity index (χ3v) is 3.82. The molecule has 124 valence electrons. The predicted octanol–water partition coefficient (Wildman–Crippen LogP) is 2.95. The van der Waals surface area contributed by atoms with Crippen LogP contribution >= 0.6 is 0 Å². The summed E-state index contributed by atoms with van der Waals surface area (Å²) < 4.78 is 10.6. The Morgan fingerprint density at radius 1 is 1.45 bits per heavy atom. The summed E-state index contributed by atoms with van der Waals surface area (Å²) in [6.07, 6.45) is 0.710. The number of nitrogens with one attached hydrogen (secondary N) is 1. The van der Waals surface area contributed by atoms with Crippen LogP contribution in [-0.2, 0) is 4.74 Å². The van der Waals surface area contributed by atoms with E-state index in [1.807, 2.05) is 34.6 Å². The van der Waals surface area contributed by atoms with Gasteiger partial charge >= 0.3 is 6.09 Å². The van der Waals surface area contributed by atoms with Gasteiger partial charge in [-0.25, -0.2) is 4.79 Å². The molecule has 22 heavy (non-hydrogen) atoms. The zero-order valence-electron chi connectivity index (χ0n) is 14.4. The number of carbonyl (C=O) groups is 1. The van der Waals surface area contributed by atoms with Crippen molar-refractivity contribution in [2.75, 3.05) is 13.1 Å². The quantitative estimate of drug-likeness (QED) is 0.926. The molecule has 1 aliphatic rings. The summed E-state index contributed by atoms with van der Waals surface area (Å²) in [7, 11) is 0. The van der Waals surface area contributed by atoms with Gasteiger partial charge in [0, 0.05) is 30.7 Å². The smallest absolute Gasteiger partial charge is 0.410 e. The van der Waals surface area contributed by atoms with Gasteiger partial charge in [-0.15, -0.1) is 0 Å². The molecule has 1 amide bonds. The number of hydrogen-bond donors (Lipinski definition) is 1. The summed E-state index contributed by atoms with van der Waals surface area (Å²) >= 11 is 0. The third-order valence-electron chi connectivity index (χ3n) is 3.82. The highest BCUT2D eigenvalue weighted by Gasteiger charge is 2.35. The lowest BCUT2D eigenvalue weighted by atomic mass is 10.00. The first-order chi connectivity index (χ1) is 10.2. The van der Waals surface area contributed by atoms with E-state index >= 15 is 0 Å². The molecule has 1 fully saturated rings. The summed E-state index contributed by atoms with van der Waals surface area (Å²) in [5, 5.41) is 7.61. The van der Waals surface area contributed by atoms with Crippen LogP contribution in [0.25, 0.3) is 0 Å². The third kappa shape index (κ3) is 3.80. The van der Waals surface area contributed by atoms with Gasteiger partial charge in [-0.2, -0.15) is 0 Å². The van der Waals surface area contributed by atoms with Gasteiger partial charge in [0.2, 0.25) is 0 Å². The average Bonchev–Trinajstić information content (AvgIpc) is 2.66. The Morgan fingerprint density at radius 3 is 2.55 bits per heavy atom. The van der Waals surface area contributed by atoms with Crippen LogP contribution in [0.4, 0.5) is 4.79 Å². The van der Waals surface area contributed by atoms with Gasteiger partial charge in [-0.05, 0) is 41.0 Å². The number of amides is 1. The number of carbonyl (C=O) groups excluding carboxylic acids is 1. The van der Waals surface area contributed by atoms with Gasteiger partial charge < -0.3 is 19.5 Å². The summed E-state index contributed by atoms with van der Waals surface area (Å²) in [6.45, 7) is 13.0. The molecule has 6 nitrogen and oxygen atoms in total. The number of aromatic nitrogens is 1. The highest BCUT2D eigenvalue weighted by atomic mass is 16.6. The number of rotatable bonds is 4. The van der Waals surface area contributed by atoms with Gasteiger partial charge in [0.25, 0.3) is 0 Å². The van der Waals surface area contributed by atoms with Crippen LogP contribution < -0.4 is 5.32 Å². The first kappa shape index (κ1) is 16.8. The molecule has 1 aliphatic heterocycles. The second kappa shape index (κ2) is 6.28. The van der Waals surface area contributed by atoms with Crippen molar-refractivity contribution < 1.29 is 14.1 Å². The Morgan fingerprint density at radius 2 is 2.09 bits per heavy atom. The number of likely N-dealkylation sites (tertiary alicyclic amines) is 1. The predicted molar refractivity (Wildman–Crippen MR) is 83.7 cm³/mol. The van der Waals surface area contributed by atoms with Crippen molar-refractivity contribution in [3.8, 4) is 0 Å². The Labute approximate surface area is 132 Å². The lowest BCUT2D eigenvalue weighted by molar-refractivity contribution is 0.00405. The van der Waals surface area contributed by atoms with E-state index in [0.717, 1.165) is 23.4 Å². The van der Waals surface area contributed by atoms with E-state index in [1.54, 1.807) is 4.90 Å². The van der Waals surface area contributed by atoms with Crippen LogP contribution in [0.2, 0.25) is 0 Å². The van der Waals surface area contributed by atoms with Crippen LogP contribution in [0.15, 0.2) is 4.52 Å². The van der Waals surface area contributed by atoms with Crippen molar-refractivity contribution in [3.63, 3.8) is 0 Å². The molecule has 2 heterocycles. The fourth-order valence-electron chi connectivity index (χ4n) is 2.74. The molecular weight excluding hydrogens is 282 g/mol. The van der Waals surface area contributed by atoms with Gasteiger partial charge in [0.15, 0.2) is 0 Å². The maximum absolute atomic E-state index is 11.9. The Bertz CT molecular complexity index is 508. The maximum Gasteiger partial charge on any atom is 0.410 e. The zero-order chi connectivity index (χ0) is 16.5. The van der Waals surface area contributed by atoms with Crippen molar-refractivity contribution in [1.82, 2.24) is 15.4 Å². The summed E-state index contributed by atoms with van der Waals surface area (Å²) in [4.78, 5) is 13.7. The normalized spacial score (nSPS) is 17.3. The summed E-state index contributed by atoms with van der Waals surface area (Å²) in [5.41, 5.74) is 1.62. The van der Waals surface area contributed by atoms with Crippen LogP contribution in [0, 0.1) is 13.8 Å². The molecule has 1 aromatic heterocycles. The van der Waals surface area contributed by atoms with E-state index in [1.165, 1.54) is 0 Å². The minimum absolute atomic E-state index is 0.206.